The Kier molecular flexibility index (Phi) is 1.89. The quantitative estimate of drug-likeness (QED) is 0.670. The van der Waals surface area contributed by atoms with Crippen molar-refractivity contribution in [2.75, 3.05) is 12.9 Å². The van der Waals surface area contributed by atoms with Crippen LogP contribution in [0.25, 0.3) is 0 Å². The number of benzene rings is 1. The Hall–Kier alpha value is -0.870. The lowest BCUT2D eigenvalue weighted by molar-refractivity contribution is 0.412. The monoisotopic (exact) mass is 198 g/mol. The smallest absolute Gasteiger partial charge is 0.175 e. The molecule has 3 nitrogen and oxygen atoms in total. The fourth-order valence-corrected chi connectivity index (χ4v) is 2.27. The summed E-state index contributed by atoms with van der Waals surface area (Å²) in [6.45, 7) is 0.631. The number of epoxide rings is 1. The van der Waals surface area contributed by atoms with Crippen LogP contribution in [0.1, 0.15) is 11.7 Å². The van der Waals surface area contributed by atoms with Gasteiger partial charge in [-0.1, -0.05) is 18.2 Å². The van der Waals surface area contributed by atoms with Crippen LogP contribution in [0.2, 0.25) is 0 Å². The summed E-state index contributed by atoms with van der Waals surface area (Å²) in [5.41, 5.74) is 0.782. The summed E-state index contributed by atoms with van der Waals surface area (Å²) in [6.07, 6.45) is 1.21. The molecule has 0 aliphatic carbocycles. The van der Waals surface area contributed by atoms with Crippen molar-refractivity contribution in [3.63, 3.8) is 0 Å². The molecule has 4 heteroatoms. The van der Waals surface area contributed by atoms with Crippen molar-refractivity contribution in [3.8, 4) is 0 Å². The van der Waals surface area contributed by atoms with Crippen molar-refractivity contribution in [3.05, 3.63) is 29.8 Å². The van der Waals surface area contributed by atoms with Crippen LogP contribution < -0.4 is 0 Å². The summed E-state index contributed by atoms with van der Waals surface area (Å²) in [5.74, 6) is 0. The fourth-order valence-electron chi connectivity index (χ4n) is 1.31. The summed E-state index contributed by atoms with van der Waals surface area (Å²) in [4.78, 5) is 0.387. The van der Waals surface area contributed by atoms with Gasteiger partial charge in [0.25, 0.3) is 0 Å². The maximum atomic E-state index is 11.3. The highest BCUT2D eigenvalue weighted by Gasteiger charge is 2.29. The van der Waals surface area contributed by atoms with E-state index in [-0.39, 0.29) is 6.10 Å². The molecule has 1 heterocycles. The van der Waals surface area contributed by atoms with E-state index in [1.165, 1.54) is 6.26 Å². The maximum absolute atomic E-state index is 11.3. The molecular formula is C9H10O3S. The van der Waals surface area contributed by atoms with Crippen LogP contribution in [0.4, 0.5) is 0 Å². The van der Waals surface area contributed by atoms with Crippen molar-refractivity contribution in [2.24, 2.45) is 0 Å². The maximum Gasteiger partial charge on any atom is 0.175 e. The van der Waals surface area contributed by atoms with E-state index in [4.69, 9.17) is 4.74 Å². The van der Waals surface area contributed by atoms with Crippen molar-refractivity contribution >= 4 is 9.84 Å². The zero-order valence-electron chi connectivity index (χ0n) is 7.23. The van der Waals surface area contributed by atoms with Crippen molar-refractivity contribution in [1.29, 1.82) is 0 Å². The first-order valence-corrected chi connectivity index (χ1v) is 5.89. The highest BCUT2D eigenvalue weighted by Crippen LogP contribution is 2.33. The first kappa shape index (κ1) is 8.72. The molecule has 1 aromatic rings. The summed E-state index contributed by atoms with van der Waals surface area (Å²) in [6, 6.07) is 6.97. The highest BCUT2D eigenvalue weighted by atomic mass is 32.2. The third kappa shape index (κ3) is 1.73. The minimum absolute atomic E-state index is 0.00840. The molecule has 0 N–H and O–H groups in total. The summed E-state index contributed by atoms with van der Waals surface area (Å²) >= 11 is 0. The molecule has 70 valence electrons. The molecule has 1 aliphatic heterocycles. The normalized spacial score (nSPS) is 21.5. The van der Waals surface area contributed by atoms with Crippen LogP contribution in [-0.4, -0.2) is 21.3 Å². The van der Waals surface area contributed by atoms with Gasteiger partial charge in [-0.2, -0.15) is 0 Å². The lowest BCUT2D eigenvalue weighted by Gasteiger charge is -2.03. The lowest BCUT2D eigenvalue weighted by atomic mass is 10.2. The molecule has 2 rings (SSSR count). The van der Waals surface area contributed by atoms with Gasteiger partial charge in [0.2, 0.25) is 0 Å². The van der Waals surface area contributed by atoms with E-state index in [0.717, 1.165) is 5.56 Å². The first-order valence-electron chi connectivity index (χ1n) is 3.99. The summed E-state index contributed by atoms with van der Waals surface area (Å²) in [5, 5.41) is 0. The minimum Gasteiger partial charge on any atom is -0.368 e. The molecule has 0 bridgehead atoms. The van der Waals surface area contributed by atoms with Gasteiger partial charge >= 0.3 is 0 Å². The van der Waals surface area contributed by atoms with Gasteiger partial charge < -0.3 is 4.74 Å². The molecule has 0 spiro atoms. The Morgan fingerprint density at radius 2 is 2.00 bits per heavy atom. The molecule has 1 atom stereocenters. The largest absolute Gasteiger partial charge is 0.368 e. The lowest BCUT2D eigenvalue weighted by Crippen LogP contribution is -2.01. The van der Waals surface area contributed by atoms with Crippen LogP contribution >= 0.6 is 0 Å². The molecule has 0 saturated carbocycles. The second-order valence-electron chi connectivity index (χ2n) is 3.13. The number of rotatable bonds is 2. The van der Waals surface area contributed by atoms with Crippen molar-refractivity contribution in [1.82, 2.24) is 0 Å². The van der Waals surface area contributed by atoms with Crippen LogP contribution in [0, 0.1) is 0 Å². The highest BCUT2D eigenvalue weighted by molar-refractivity contribution is 7.90. The Morgan fingerprint density at radius 3 is 2.54 bits per heavy atom. The third-order valence-corrected chi connectivity index (χ3v) is 3.17. The van der Waals surface area contributed by atoms with E-state index >= 15 is 0 Å². The molecule has 0 radical (unpaired) electrons. The predicted octanol–water partition coefficient (Wildman–Crippen LogP) is 1.16. The zero-order chi connectivity index (χ0) is 9.47. The van der Waals surface area contributed by atoms with E-state index in [1.54, 1.807) is 18.2 Å². The topological polar surface area (TPSA) is 46.7 Å². The molecule has 0 unspecified atom stereocenters. The number of hydrogen-bond donors (Lipinski definition) is 0. The number of ether oxygens (including phenoxy) is 1. The molecule has 1 aromatic carbocycles. The van der Waals surface area contributed by atoms with Crippen LogP contribution in [0.3, 0.4) is 0 Å². The van der Waals surface area contributed by atoms with Gasteiger partial charge in [0.1, 0.15) is 6.10 Å². The molecule has 1 fully saturated rings. The molecular weight excluding hydrogens is 188 g/mol. The van der Waals surface area contributed by atoms with Gasteiger partial charge in [-0.3, -0.25) is 0 Å². The fraction of sp³-hybridized carbons (Fsp3) is 0.333. The van der Waals surface area contributed by atoms with Crippen molar-refractivity contribution in [2.45, 2.75) is 11.0 Å². The van der Waals surface area contributed by atoms with Gasteiger partial charge in [-0.05, 0) is 6.07 Å². The van der Waals surface area contributed by atoms with E-state index in [1.807, 2.05) is 6.07 Å². The van der Waals surface area contributed by atoms with Gasteiger partial charge in [0.15, 0.2) is 9.84 Å². The first-order chi connectivity index (χ1) is 6.09. The van der Waals surface area contributed by atoms with Gasteiger partial charge in [0, 0.05) is 11.8 Å². The average molecular weight is 198 g/mol. The molecule has 0 amide bonds. The van der Waals surface area contributed by atoms with Crippen molar-refractivity contribution < 1.29 is 13.2 Å². The van der Waals surface area contributed by atoms with Crippen LogP contribution in [-0.2, 0) is 14.6 Å². The molecule has 13 heavy (non-hydrogen) atoms. The summed E-state index contributed by atoms with van der Waals surface area (Å²) < 4.78 is 27.7. The minimum atomic E-state index is -3.12. The second-order valence-corrected chi connectivity index (χ2v) is 5.12. The Bertz CT molecular complexity index is 418. The van der Waals surface area contributed by atoms with Gasteiger partial charge in [-0.25, -0.2) is 8.42 Å². The Morgan fingerprint density at radius 1 is 1.38 bits per heavy atom. The van der Waals surface area contributed by atoms with E-state index in [9.17, 15) is 8.42 Å². The summed E-state index contributed by atoms with van der Waals surface area (Å²) in [7, 11) is -3.12. The Balaban J connectivity index is 2.55. The van der Waals surface area contributed by atoms with Gasteiger partial charge in [0.05, 0.1) is 11.5 Å². The Labute approximate surface area is 77.3 Å². The average Bonchev–Trinajstić information content (AvgIpc) is 2.85. The number of hydrogen-bond acceptors (Lipinski definition) is 3. The SMILES string of the molecule is CS(=O)(=O)c1ccccc1[C@H]1CO1. The second kappa shape index (κ2) is 2.82. The zero-order valence-corrected chi connectivity index (χ0v) is 8.04. The molecule has 1 aliphatic rings. The third-order valence-electron chi connectivity index (χ3n) is 2.00. The predicted molar refractivity (Wildman–Crippen MR) is 48.2 cm³/mol. The van der Waals surface area contributed by atoms with E-state index in [2.05, 4.69) is 0 Å². The van der Waals surface area contributed by atoms with E-state index < -0.39 is 9.84 Å². The standard InChI is InChI=1S/C9H10O3S/c1-13(10,11)9-5-3-2-4-7(9)8-6-12-8/h2-5,8H,6H2,1H3/t8-/m1/s1. The van der Waals surface area contributed by atoms with Gasteiger partial charge in [-0.15, -0.1) is 0 Å². The number of sulfone groups is 1. The van der Waals surface area contributed by atoms with Crippen LogP contribution in [0.5, 0.6) is 0 Å². The van der Waals surface area contributed by atoms with E-state index in [0.29, 0.717) is 11.5 Å². The molecule has 0 aromatic heterocycles. The van der Waals surface area contributed by atoms with Crippen LogP contribution in [0.15, 0.2) is 29.2 Å². The molecule has 1 saturated heterocycles.